The largest absolute Gasteiger partial charge is 0.479 e. The van der Waals surface area contributed by atoms with E-state index in [1.165, 1.54) is 0 Å². The van der Waals surface area contributed by atoms with Crippen LogP contribution in [0, 0.1) is 0 Å². The number of pyridine rings is 1. The highest BCUT2D eigenvalue weighted by Crippen LogP contribution is 2.45. The summed E-state index contributed by atoms with van der Waals surface area (Å²) in [5.74, 6) is -2.98. The fourth-order valence-electron chi connectivity index (χ4n) is 2.62. The lowest BCUT2D eigenvalue weighted by Crippen LogP contribution is -2.14. The van der Waals surface area contributed by atoms with Crippen molar-refractivity contribution >= 4 is 46.5 Å². The normalized spacial score (nSPS) is 10.4. The number of halogens is 1. The standard InChI is InChI=1S/C20H15ClN2O6S/c21-16-17(29-10-15(25)26)19(20(27)28)30-18(16)12-4-1-5-13(8-12)23-14(24)7-11-3-2-6-22-9-11/h1-6,8-9H,7,10H2,(H,23,24)(H,25,26)(H,27,28). The number of carbonyl (C=O) groups is 3. The quantitative estimate of drug-likeness (QED) is 0.480. The van der Waals surface area contributed by atoms with Crippen LogP contribution in [-0.4, -0.2) is 39.6 Å². The molecule has 0 radical (unpaired) electrons. The number of anilines is 1. The van der Waals surface area contributed by atoms with Gasteiger partial charge in [0.25, 0.3) is 0 Å². The molecule has 3 aromatic rings. The third-order valence-electron chi connectivity index (χ3n) is 3.84. The summed E-state index contributed by atoms with van der Waals surface area (Å²) in [5, 5.41) is 21.0. The second-order valence-electron chi connectivity index (χ2n) is 6.06. The van der Waals surface area contributed by atoms with Crippen molar-refractivity contribution in [3.8, 4) is 16.2 Å². The molecule has 2 heterocycles. The summed E-state index contributed by atoms with van der Waals surface area (Å²) < 4.78 is 5.08. The van der Waals surface area contributed by atoms with Gasteiger partial charge in [-0.1, -0.05) is 29.8 Å². The minimum Gasteiger partial charge on any atom is -0.479 e. The van der Waals surface area contributed by atoms with Crippen LogP contribution in [0.3, 0.4) is 0 Å². The van der Waals surface area contributed by atoms with E-state index in [1.807, 2.05) is 0 Å². The third kappa shape index (κ3) is 5.13. The van der Waals surface area contributed by atoms with E-state index in [2.05, 4.69) is 10.3 Å². The van der Waals surface area contributed by atoms with Gasteiger partial charge in [-0.25, -0.2) is 9.59 Å². The predicted molar refractivity (Wildman–Crippen MR) is 111 cm³/mol. The lowest BCUT2D eigenvalue weighted by atomic mass is 10.1. The number of hydrogen-bond donors (Lipinski definition) is 3. The molecule has 154 valence electrons. The Bertz CT molecular complexity index is 1100. The van der Waals surface area contributed by atoms with E-state index in [0.717, 1.165) is 16.9 Å². The monoisotopic (exact) mass is 446 g/mol. The van der Waals surface area contributed by atoms with Gasteiger partial charge in [0.05, 0.1) is 11.3 Å². The Morgan fingerprint density at radius 2 is 1.97 bits per heavy atom. The minimum absolute atomic E-state index is 0.00233. The summed E-state index contributed by atoms with van der Waals surface area (Å²) in [4.78, 5) is 38.7. The molecule has 8 nitrogen and oxygen atoms in total. The van der Waals surface area contributed by atoms with E-state index in [-0.39, 0.29) is 28.0 Å². The van der Waals surface area contributed by atoms with E-state index in [0.29, 0.717) is 16.1 Å². The molecular formula is C20H15ClN2O6S. The zero-order valence-corrected chi connectivity index (χ0v) is 16.9. The van der Waals surface area contributed by atoms with Crippen molar-refractivity contribution < 1.29 is 29.3 Å². The van der Waals surface area contributed by atoms with Gasteiger partial charge in [0.15, 0.2) is 17.2 Å². The first-order chi connectivity index (χ1) is 14.3. The summed E-state index contributed by atoms with van der Waals surface area (Å²) in [6.07, 6.45) is 3.37. The van der Waals surface area contributed by atoms with Crippen molar-refractivity contribution in [2.75, 3.05) is 11.9 Å². The van der Waals surface area contributed by atoms with Crippen molar-refractivity contribution in [2.45, 2.75) is 6.42 Å². The predicted octanol–water partition coefficient (Wildman–Crippen LogP) is 3.81. The molecular weight excluding hydrogens is 432 g/mol. The Balaban J connectivity index is 1.84. The summed E-state index contributed by atoms with van der Waals surface area (Å²) >= 11 is 7.15. The molecule has 0 aliphatic heterocycles. The fourth-order valence-corrected chi connectivity index (χ4v) is 4.02. The van der Waals surface area contributed by atoms with Gasteiger partial charge < -0.3 is 20.3 Å². The van der Waals surface area contributed by atoms with Gasteiger partial charge in [-0.15, -0.1) is 11.3 Å². The molecule has 3 N–H and O–H groups in total. The Morgan fingerprint density at radius 1 is 1.17 bits per heavy atom. The van der Waals surface area contributed by atoms with Crippen molar-refractivity contribution in [1.29, 1.82) is 0 Å². The van der Waals surface area contributed by atoms with E-state index >= 15 is 0 Å². The molecule has 0 spiro atoms. The second-order valence-corrected chi connectivity index (χ2v) is 7.46. The Morgan fingerprint density at radius 3 is 2.63 bits per heavy atom. The van der Waals surface area contributed by atoms with Gasteiger partial charge in [0, 0.05) is 18.1 Å². The summed E-state index contributed by atoms with van der Waals surface area (Å²) in [6.45, 7) is -0.722. The summed E-state index contributed by atoms with van der Waals surface area (Å²) in [7, 11) is 0. The van der Waals surface area contributed by atoms with Crippen molar-refractivity contribution in [1.82, 2.24) is 4.98 Å². The van der Waals surface area contributed by atoms with Crippen molar-refractivity contribution in [2.24, 2.45) is 0 Å². The number of aliphatic carboxylic acids is 1. The SMILES string of the molecule is O=C(O)COc1c(C(=O)O)sc(-c2cccc(NC(=O)Cc3cccnc3)c2)c1Cl. The van der Waals surface area contributed by atoms with Crippen molar-refractivity contribution in [3.63, 3.8) is 0 Å². The average molecular weight is 447 g/mol. The average Bonchev–Trinajstić information content (AvgIpc) is 3.04. The molecule has 0 atom stereocenters. The van der Waals surface area contributed by atoms with E-state index in [9.17, 15) is 19.5 Å². The zero-order valence-electron chi connectivity index (χ0n) is 15.3. The van der Waals surface area contributed by atoms with Crippen LogP contribution < -0.4 is 10.1 Å². The van der Waals surface area contributed by atoms with Gasteiger partial charge in [-0.05, 0) is 29.3 Å². The molecule has 10 heteroatoms. The number of amides is 1. The van der Waals surface area contributed by atoms with E-state index in [1.54, 1.807) is 48.8 Å². The topological polar surface area (TPSA) is 126 Å². The molecule has 2 aromatic heterocycles. The van der Waals surface area contributed by atoms with E-state index in [4.69, 9.17) is 21.4 Å². The van der Waals surface area contributed by atoms with Crippen molar-refractivity contribution in [3.05, 3.63) is 64.3 Å². The number of nitrogens with zero attached hydrogens (tertiary/aromatic N) is 1. The molecule has 1 aromatic carbocycles. The van der Waals surface area contributed by atoms with Crippen LogP contribution in [0.1, 0.15) is 15.2 Å². The summed E-state index contributed by atoms with van der Waals surface area (Å²) in [6, 6.07) is 10.2. The molecule has 0 aliphatic rings. The number of ether oxygens (including phenoxy) is 1. The van der Waals surface area contributed by atoms with E-state index < -0.39 is 18.5 Å². The number of carboxylic acid groups (broad SMARTS) is 2. The maximum Gasteiger partial charge on any atom is 0.349 e. The smallest absolute Gasteiger partial charge is 0.349 e. The maximum atomic E-state index is 12.3. The second kappa shape index (κ2) is 9.38. The minimum atomic E-state index is -1.28. The molecule has 30 heavy (non-hydrogen) atoms. The first kappa shape index (κ1) is 21.3. The Hall–Kier alpha value is -3.43. The van der Waals surface area contributed by atoms with Crippen LogP contribution in [0.5, 0.6) is 5.75 Å². The van der Waals surface area contributed by atoms with Gasteiger partial charge in [0.2, 0.25) is 5.91 Å². The first-order valence-electron chi connectivity index (χ1n) is 8.54. The molecule has 0 saturated carbocycles. The molecule has 1 amide bonds. The number of hydrogen-bond acceptors (Lipinski definition) is 6. The Labute approximate surface area is 179 Å². The van der Waals surface area contributed by atoms with Crippen LogP contribution in [0.4, 0.5) is 5.69 Å². The first-order valence-corrected chi connectivity index (χ1v) is 9.74. The number of carboxylic acids is 2. The highest BCUT2D eigenvalue weighted by Gasteiger charge is 2.24. The molecule has 0 fully saturated rings. The molecule has 0 aliphatic carbocycles. The Kier molecular flexibility index (Phi) is 6.65. The summed E-state index contributed by atoms with van der Waals surface area (Å²) in [5.41, 5.74) is 1.81. The number of carbonyl (C=O) groups excluding carboxylic acids is 1. The fraction of sp³-hybridized carbons (Fsp3) is 0.100. The van der Waals surface area contributed by atoms with Crippen LogP contribution in [-0.2, 0) is 16.0 Å². The van der Waals surface area contributed by atoms with Crippen LogP contribution in [0.25, 0.3) is 10.4 Å². The van der Waals surface area contributed by atoms with Crippen LogP contribution in [0.2, 0.25) is 5.02 Å². The number of rotatable bonds is 8. The van der Waals surface area contributed by atoms with Gasteiger partial charge in [-0.3, -0.25) is 9.78 Å². The zero-order chi connectivity index (χ0) is 21.7. The van der Waals surface area contributed by atoms with Gasteiger partial charge >= 0.3 is 11.9 Å². The lowest BCUT2D eigenvalue weighted by Gasteiger charge is -2.07. The van der Waals surface area contributed by atoms with Gasteiger partial charge in [0.1, 0.15) is 5.02 Å². The highest BCUT2D eigenvalue weighted by atomic mass is 35.5. The number of benzene rings is 1. The number of nitrogens with one attached hydrogen (secondary N) is 1. The van der Waals surface area contributed by atoms with Crippen LogP contribution >= 0.6 is 22.9 Å². The highest BCUT2D eigenvalue weighted by molar-refractivity contribution is 7.18. The lowest BCUT2D eigenvalue weighted by molar-refractivity contribution is -0.139. The maximum absolute atomic E-state index is 12.3. The number of aromatic carboxylic acids is 1. The number of aromatic nitrogens is 1. The molecule has 3 rings (SSSR count). The molecule has 0 bridgehead atoms. The third-order valence-corrected chi connectivity index (χ3v) is 5.52. The number of thiophene rings is 1. The van der Waals surface area contributed by atoms with Gasteiger partial charge in [-0.2, -0.15) is 0 Å². The molecule has 0 saturated heterocycles. The van der Waals surface area contributed by atoms with Crippen LogP contribution in [0.15, 0.2) is 48.8 Å². The molecule has 0 unspecified atom stereocenters.